The largest absolute Gasteiger partial charge is 0.487 e. The van der Waals surface area contributed by atoms with Crippen molar-refractivity contribution >= 4 is 10.9 Å². The molecule has 150 valence electrons. The molecular formula is C24H33N3O. The van der Waals surface area contributed by atoms with Crippen LogP contribution in [0, 0.1) is 12.3 Å². The number of hydrogen-bond donors (Lipinski definition) is 1. The number of para-hydroxylation sites is 1. The number of fused-ring (bicyclic) bond motifs is 1. The molecule has 4 nitrogen and oxygen atoms in total. The molecule has 0 bridgehead atoms. The van der Waals surface area contributed by atoms with E-state index in [1.807, 2.05) is 12.1 Å². The van der Waals surface area contributed by atoms with Gasteiger partial charge in [0.25, 0.3) is 0 Å². The van der Waals surface area contributed by atoms with Crippen LogP contribution in [0.1, 0.15) is 30.7 Å². The lowest BCUT2D eigenvalue weighted by Crippen LogP contribution is -2.36. The highest BCUT2D eigenvalue weighted by Crippen LogP contribution is 2.28. The quantitative estimate of drug-likeness (QED) is 0.627. The fraction of sp³-hybridized carbons (Fsp3) is 0.417. The first kappa shape index (κ1) is 20.4. The molecule has 0 aliphatic rings. The summed E-state index contributed by atoms with van der Waals surface area (Å²) in [5, 5.41) is 1.30. The molecular weight excluding hydrogens is 346 g/mol. The zero-order chi connectivity index (χ0) is 20.3. The van der Waals surface area contributed by atoms with Crippen LogP contribution in [0.3, 0.4) is 0 Å². The summed E-state index contributed by atoms with van der Waals surface area (Å²) in [5.41, 5.74) is 11.1. The summed E-state index contributed by atoms with van der Waals surface area (Å²) in [7, 11) is 4.30. The molecule has 0 unspecified atom stereocenters. The van der Waals surface area contributed by atoms with E-state index in [0.29, 0.717) is 13.2 Å². The second-order valence-corrected chi connectivity index (χ2v) is 8.64. The molecule has 0 aliphatic carbocycles. The van der Waals surface area contributed by atoms with Crippen molar-refractivity contribution in [1.82, 2.24) is 9.47 Å². The van der Waals surface area contributed by atoms with Crippen LogP contribution in [0.5, 0.6) is 5.75 Å². The highest BCUT2D eigenvalue weighted by Gasteiger charge is 2.21. The summed E-state index contributed by atoms with van der Waals surface area (Å²) in [6, 6.07) is 16.8. The molecule has 2 N–H and O–H groups in total. The van der Waals surface area contributed by atoms with Crippen molar-refractivity contribution in [2.75, 3.05) is 20.1 Å². The van der Waals surface area contributed by atoms with Crippen molar-refractivity contribution in [3.63, 3.8) is 0 Å². The monoisotopic (exact) mass is 379 g/mol. The average Bonchev–Trinajstić information content (AvgIpc) is 2.93. The van der Waals surface area contributed by atoms with E-state index in [9.17, 15) is 0 Å². The van der Waals surface area contributed by atoms with Crippen molar-refractivity contribution < 1.29 is 4.74 Å². The van der Waals surface area contributed by atoms with E-state index in [0.717, 1.165) is 18.8 Å². The topological polar surface area (TPSA) is 43.4 Å². The average molecular weight is 380 g/mol. The Bertz CT molecular complexity index is 925. The molecule has 0 atom stereocenters. The van der Waals surface area contributed by atoms with Crippen LogP contribution in [0.25, 0.3) is 10.9 Å². The maximum Gasteiger partial charge on any atom is 0.129 e. The number of nitrogens with zero attached hydrogens (tertiary/aromatic N) is 2. The van der Waals surface area contributed by atoms with E-state index in [1.54, 1.807) is 0 Å². The van der Waals surface area contributed by atoms with Crippen molar-refractivity contribution in [3.8, 4) is 5.75 Å². The van der Waals surface area contributed by atoms with Crippen molar-refractivity contribution in [1.29, 1.82) is 0 Å². The van der Waals surface area contributed by atoms with Gasteiger partial charge in [-0.15, -0.1) is 0 Å². The predicted octanol–water partition coefficient (Wildman–Crippen LogP) is 4.48. The Morgan fingerprint density at radius 3 is 2.43 bits per heavy atom. The molecule has 1 heterocycles. The van der Waals surface area contributed by atoms with E-state index in [2.05, 4.69) is 80.7 Å². The maximum atomic E-state index is 6.14. The lowest BCUT2D eigenvalue weighted by atomic mass is 9.93. The van der Waals surface area contributed by atoms with Crippen molar-refractivity contribution in [2.24, 2.45) is 18.2 Å². The molecule has 28 heavy (non-hydrogen) atoms. The Balaban J connectivity index is 1.89. The zero-order valence-corrected chi connectivity index (χ0v) is 17.8. The number of rotatable bonds is 8. The molecule has 0 fully saturated rings. The van der Waals surface area contributed by atoms with Gasteiger partial charge < -0.3 is 19.9 Å². The number of aryl methyl sites for hydroxylation is 2. The molecule has 0 radical (unpaired) electrons. The second-order valence-electron chi connectivity index (χ2n) is 8.64. The minimum Gasteiger partial charge on any atom is -0.487 e. The molecule has 3 aromatic rings. The number of ether oxygens (including phenoxy) is 1. The predicted molar refractivity (Wildman–Crippen MR) is 118 cm³/mol. The van der Waals surface area contributed by atoms with E-state index in [-0.39, 0.29) is 5.41 Å². The molecule has 2 aromatic carbocycles. The first-order valence-corrected chi connectivity index (χ1v) is 9.94. The Morgan fingerprint density at radius 1 is 1.07 bits per heavy atom. The Labute approximate surface area is 168 Å². The van der Waals surface area contributed by atoms with Crippen molar-refractivity contribution in [2.45, 2.75) is 33.9 Å². The van der Waals surface area contributed by atoms with Crippen LogP contribution >= 0.6 is 0 Å². The molecule has 0 saturated carbocycles. The summed E-state index contributed by atoms with van der Waals surface area (Å²) >= 11 is 0. The standard InChI is InChI=1S/C24H33N3O/c1-18-10-12-19(13-11-18)28-15-23-21(14-26(4)17-24(2,3)16-25)20-8-6-7-9-22(20)27(23)5/h6-13H,14-17,25H2,1-5H3. The van der Waals surface area contributed by atoms with Gasteiger partial charge in [0.15, 0.2) is 0 Å². The van der Waals surface area contributed by atoms with Gasteiger partial charge in [0, 0.05) is 31.0 Å². The third-order valence-electron chi connectivity index (χ3n) is 5.42. The zero-order valence-electron chi connectivity index (χ0n) is 17.8. The first-order chi connectivity index (χ1) is 13.3. The SMILES string of the molecule is Cc1ccc(OCc2c(CN(C)CC(C)(C)CN)c3ccccc3n2C)cc1. The highest BCUT2D eigenvalue weighted by atomic mass is 16.5. The molecule has 0 aliphatic heterocycles. The van der Waals surface area contributed by atoms with E-state index >= 15 is 0 Å². The molecule has 1 aromatic heterocycles. The second kappa shape index (κ2) is 8.38. The van der Waals surface area contributed by atoms with Gasteiger partial charge in [-0.3, -0.25) is 0 Å². The number of nitrogens with two attached hydrogens (primary N) is 1. The Hall–Kier alpha value is -2.30. The van der Waals surface area contributed by atoms with E-state index < -0.39 is 0 Å². The van der Waals surface area contributed by atoms with E-state index in [4.69, 9.17) is 10.5 Å². The van der Waals surface area contributed by atoms with Crippen LogP contribution in [-0.4, -0.2) is 29.6 Å². The lowest BCUT2D eigenvalue weighted by molar-refractivity contribution is 0.208. The van der Waals surface area contributed by atoms with Gasteiger partial charge in [-0.2, -0.15) is 0 Å². The van der Waals surface area contributed by atoms with Gasteiger partial charge >= 0.3 is 0 Å². The fourth-order valence-electron chi connectivity index (χ4n) is 3.79. The van der Waals surface area contributed by atoms with E-state index in [1.165, 1.54) is 27.7 Å². The van der Waals surface area contributed by atoms with Crippen LogP contribution in [0.4, 0.5) is 0 Å². The van der Waals surface area contributed by atoms with Gasteiger partial charge in [0.05, 0.1) is 5.69 Å². The van der Waals surface area contributed by atoms with Crippen LogP contribution in [0.15, 0.2) is 48.5 Å². The Kier molecular flexibility index (Phi) is 6.11. The first-order valence-electron chi connectivity index (χ1n) is 9.94. The number of benzene rings is 2. The fourth-order valence-corrected chi connectivity index (χ4v) is 3.79. The summed E-state index contributed by atoms with van der Waals surface area (Å²) in [5.74, 6) is 0.902. The molecule has 0 saturated heterocycles. The minimum atomic E-state index is 0.0951. The van der Waals surface area contributed by atoms with Crippen LogP contribution < -0.4 is 10.5 Å². The van der Waals surface area contributed by atoms with Gasteiger partial charge in [-0.25, -0.2) is 0 Å². The number of hydrogen-bond acceptors (Lipinski definition) is 3. The summed E-state index contributed by atoms with van der Waals surface area (Å²) in [6.45, 7) is 9.57. The summed E-state index contributed by atoms with van der Waals surface area (Å²) in [4.78, 5) is 2.37. The molecule has 4 heteroatoms. The van der Waals surface area contributed by atoms with Crippen LogP contribution in [-0.2, 0) is 20.2 Å². The minimum absolute atomic E-state index is 0.0951. The number of aromatic nitrogens is 1. The molecule has 0 amide bonds. The van der Waals surface area contributed by atoms with Crippen molar-refractivity contribution in [3.05, 3.63) is 65.4 Å². The molecule has 3 rings (SSSR count). The molecule has 0 spiro atoms. The maximum absolute atomic E-state index is 6.14. The Morgan fingerprint density at radius 2 is 1.75 bits per heavy atom. The normalized spacial score (nSPS) is 12.1. The summed E-state index contributed by atoms with van der Waals surface area (Å²) < 4.78 is 8.41. The third-order valence-corrected chi connectivity index (χ3v) is 5.42. The van der Waals surface area contributed by atoms with Gasteiger partial charge in [0.2, 0.25) is 0 Å². The third kappa shape index (κ3) is 4.57. The van der Waals surface area contributed by atoms with Gasteiger partial charge in [0.1, 0.15) is 12.4 Å². The van der Waals surface area contributed by atoms with Gasteiger partial charge in [-0.1, -0.05) is 49.7 Å². The highest BCUT2D eigenvalue weighted by molar-refractivity contribution is 5.85. The van der Waals surface area contributed by atoms with Gasteiger partial charge in [-0.05, 0) is 49.7 Å². The lowest BCUT2D eigenvalue weighted by Gasteiger charge is -2.29. The van der Waals surface area contributed by atoms with Crippen LogP contribution in [0.2, 0.25) is 0 Å². The summed E-state index contributed by atoms with van der Waals surface area (Å²) in [6.07, 6.45) is 0. The smallest absolute Gasteiger partial charge is 0.129 e.